The average Bonchev–Trinajstić information content (AvgIpc) is 1.63. The number of ether oxygens (including phenoxy) is 3. The van der Waals surface area contributed by atoms with Crippen LogP contribution in [0.1, 0.15) is 253 Å². The van der Waals surface area contributed by atoms with Crippen molar-refractivity contribution in [1.82, 2.24) is 9.13 Å². The molecule has 1 aliphatic rings. The average molecular weight is 1330 g/mol. The summed E-state index contributed by atoms with van der Waals surface area (Å²) in [6, 6.07) is 43.2. The third-order valence-corrected chi connectivity index (χ3v) is 21.1. The van der Waals surface area contributed by atoms with E-state index in [0.717, 1.165) is 139 Å². The normalized spacial score (nSPS) is 13.8. The topological polar surface area (TPSA) is 78.0 Å². The monoisotopic (exact) mass is 1330 g/mol. The van der Waals surface area contributed by atoms with E-state index in [1.807, 2.05) is 0 Å². The molecule has 0 unspecified atom stereocenters. The number of nitrogens with zero attached hydrogens (tertiary/aromatic N) is 2. The maximum atomic E-state index is 13.6. The van der Waals surface area contributed by atoms with Crippen molar-refractivity contribution in [3.05, 3.63) is 171 Å². The fourth-order valence-electron chi connectivity index (χ4n) is 16.3. The third kappa shape index (κ3) is 14.7. The van der Waals surface area contributed by atoms with Crippen LogP contribution in [-0.2, 0) is 45.3 Å². The predicted molar refractivity (Wildman–Crippen MR) is 422 cm³/mol. The number of benzene rings is 8. The number of unbranched alkanes of at least 4 members (excludes halogenated alkanes) is 1. The maximum absolute atomic E-state index is 13.6. The van der Waals surface area contributed by atoms with E-state index in [1.54, 1.807) is 0 Å². The molecule has 0 aliphatic heterocycles. The van der Waals surface area contributed by atoms with E-state index in [1.165, 1.54) is 44.5 Å². The Labute approximate surface area is 594 Å². The van der Waals surface area contributed by atoms with Gasteiger partial charge in [-0.05, 0) is 218 Å². The molecule has 0 bridgehead atoms. The molecule has 99 heavy (non-hydrogen) atoms. The highest BCUT2D eigenvalue weighted by Gasteiger charge is 2.35. The molecule has 526 valence electrons. The summed E-state index contributed by atoms with van der Waals surface area (Å²) in [7, 11) is 0. The SMILES string of the molecule is CCCCOc1cc(C)c(OCCCOc2c(-c3cc(C(C)(C)CC(C)(C)C)cc(-n4c5cc(C(C)(C)C)ccc5c5ccc(C(C)(C)C)cc54)c3O)cc(C)c3c2CCC3)c(-c2cc(C(C)(C)CC(C)(C)C)cc(-n3c4cc(C(C)(C)C)ccc4c4ccc(C(C)(C)C)cc43)c2O)c1. The fourth-order valence-corrected chi connectivity index (χ4v) is 16.3. The minimum atomic E-state index is -0.307. The zero-order valence-corrected chi connectivity index (χ0v) is 65.3. The van der Waals surface area contributed by atoms with Gasteiger partial charge in [-0.2, -0.15) is 0 Å². The van der Waals surface area contributed by atoms with Crippen LogP contribution in [0.25, 0.3) is 77.2 Å². The number of phenols is 2. The van der Waals surface area contributed by atoms with Crippen molar-refractivity contribution in [2.45, 2.75) is 257 Å². The van der Waals surface area contributed by atoms with Crippen LogP contribution in [0.3, 0.4) is 0 Å². The number of aromatic hydroxyl groups is 2. The molecule has 0 fully saturated rings. The van der Waals surface area contributed by atoms with Crippen molar-refractivity contribution in [2.75, 3.05) is 19.8 Å². The first-order valence-corrected chi connectivity index (χ1v) is 37.1. The van der Waals surface area contributed by atoms with Gasteiger partial charge in [-0.15, -0.1) is 0 Å². The van der Waals surface area contributed by atoms with Crippen molar-refractivity contribution >= 4 is 43.6 Å². The molecular formula is C92H118N2O5. The minimum Gasteiger partial charge on any atom is -0.505 e. The summed E-state index contributed by atoms with van der Waals surface area (Å²) >= 11 is 0. The Morgan fingerprint density at radius 1 is 0.364 bits per heavy atom. The van der Waals surface area contributed by atoms with Gasteiger partial charge in [-0.1, -0.05) is 214 Å². The summed E-state index contributed by atoms with van der Waals surface area (Å²) in [5.74, 6) is 2.72. The zero-order chi connectivity index (χ0) is 72.2. The summed E-state index contributed by atoms with van der Waals surface area (Å²) in [5.41, 5.74) is 19.9. The number of aromatic nitrogens is 2. The van der Waals surface area contributed by atoms with E-state index in [-0.39, 0.29) is 54.8 Å². The molecule has 2 heterocycles. The van der Waals surface area contributed by atoms with E-state index in [2.05, 4.69) is 297 Å². The highest BCUT2D eigenvalue weighted by atomic mass is 16.5. The van der Waals surface area contributed by atoms with E-state index >= 15 is 0 Å². The Hall–Kier alpha value is -7.64. The quantitative estimate of drug-likeness (QED) is 0.0837. The molecule has 7 nitrogen and oxygen atoms in total. The molecule has 0 amide bonds. The first-order chi connectivity index (χ1) is 46.0. The minimum absolute atomic E-state index is 0.00843. The third-order valence-electron chi connectivity index (χ3n) is 21.1. The van der Waals surface area contributed by atoms with Crippen molar-refractivity contribution < 1.29 is 24.4 Å². The van der Waals surface area contributed by atoms with Crippen molar-refractivity contribution in [3.63, 3.8) is 0 Å². The van der Waals surface area contributed by atoms with Crippen LogP contribution < -0.4 is 14.2 Å². The van der Waals surface area contributed by atoms with Crippen LogP contribution in [0, 0.1) is 24.7 Å². The number of hydrogen-bond donors (Lipinski definition) is 2. The Balaban J connectivity index is 1.04. The van der Waals surface area contributed by atoms with Crippen LogP contribution >= 0.6 is 0 Å². The lowest BCUT2D eigenvalue weighted by molar-refractivity contribution is 0.246. The maximum Gasteiger partial charge on any atom is 0.147 e. The lowest BCUT2D eigenvalue weighted by Gasteiger charge is -2.34. The summed E-state index contributed by atoms with van der Waals surface area (Å²) in [6.07, 6.45) is 7.27. The van der Waals surface area contributed by atoms with Gasteiger partial charge in [-0.3, -0.25) is 0 Å². The van der Waals surface area contributed by atoms with Gasteiger partial charge in [0.05, 0.1) is 53.3 Å². The summed E-state index contributed by atoms with van der Waals surface area (Å²) in [5, 5.41) is 31.8. The van der Waals surface area contributed by atoms with Gasteiger partial charge in [-0.25, -0.2) is 0 Å². The fraction of sp³-hybridized carbons (Fsp3) is 0.478. The van der Waals surface area contributed by atoms with Crippen LogP contribution in [0.15, 0.2) is 115 Å². The molecule has 7 heteroatoms. The highest BCUT2D eigenvalue weighted by Crippen LogP contribution is 2.53. The van der Waals surface area contributed by atoms with E-state index in [0.29, 0.717) is 37.6 Å². The lowest BCUT2D eigenvalue weighted by Crippen LogP contribution is -2.25. The van der Waals surface area contributed by atoms with E-state index < -0.39 is 0 Å². The molecule has 0 atom stereocenters. The number of fused-ring (bicyclic) bond motifs is 7. The number of phenolic OH excluding ortho intramolecular Hbond substituents is 2. The lowest BCUT2D eigenvalue weighted by atomic mass is 9.71. The van der Waals surface area contributed by atoms with Crippen molar-refractivity contribution in [1.29, 1.82) is 0 Å². The second kappa shape index (κ2) is 26.1. The smallest absolute Gasteiger partial charge is 0.147 e. The summed E-state index contributed by atoms with van der Waals surface area (Å²) in [4.78, 5) is 0. The Morgan fingerprint density at radius 3 is 1.10 bits per heavy atom. The standard InChI is InChI=1S/C92H118N2O5/c1-26-27-40-97-64-43-57(3)83(74(53-64)72-46-63(92(24,25)55-86(7,8)9)52-80(82(72)96)94-77-49-60(89(16,17)18)34-38-68(77)69-39-35-61(50-78(69)94)90(19,20)21)98-41-29-42-99-84-70-31-28-30-65(70)56(2)44-73(84)71-45-62(91(22,23)54-85(4,5)6)51-79(81(71)95)93-75-47-58(87(10,11)12)32-36-66(75)67-37-33-59(48-76(67)93)88(13,14)15/h32-39,43-53,95-96H,26-31,40-42,54-55H2,1-25H3. The van der Waals surface area contributed by atoms with Crippen LogP contribution in [0.4, 0.5) is 0 Å². The number of rotatable bonds is 18. The van der Waals surface area contributed by atoms with Gasteiger partial charge in [0.1, 0.15) is 28.7 Å². The Bertz CT molecular complexity index is 4580. The van der Waals surface area contributed by atoms with Gasteiger partial charge in [0.25, 0.3) is 0 Å². The van der Waals surface area contributed by atoms with E-state index in [4.69, 9.17) is 14.2 Å². The molecule has 1 aliphatic carbocycles. The van der Waals surface area contributed by atoms with Gasteiger partial charge in [0.15, 0.2) is 0 Å². The van der Waals surface area contributed by atoms with Crippen molar-refractivity contribution in [3.8, 4) is 62.4 Å². The predicted octanol–water partition coefficient (Wildman–Crippen LogP) is 25.4. The van der Waals surface area contributed by atoms with Crippen LogP contribution in [0.2, 0.25) is 0 Å². The van der Waals surface area contributed by atoms with Crippen LogP contribution in [0.5, 0.6) is 28.7 Å². The molecule has 0 saturated carbocycles. The summed E-state index contributed by atoms with van der Waals surface area (Å²) < 4.78 is 25.8. The molecule has 0 spiro atoms. The van der Waals surface area contributed by atoms with Gasteiger partial charge >= 0.3 is 0 Å². The largest absolute Gasteiger partial charge is 0.505 e. The molecule has 10 aromatic rings. The molecule has 2 aromatic heterocycles. The second-order valence-electron chi connectivity index (χ2n) is 37.4. The zero-order valence-electron chi connectivity index (χ0n) is 65.3. The number of aryl methyl sites for hydroxylation is 2. The first kappa shape index (κ1) is 72.6. The molecule has 2 N–H and O–H groups in total. The Morgan fingerprint density at radius 2 is 0.727 bits per heavy atom. The first-order valence-electron chi connectivity index (χ1n) is 37.1. The highest BCUT2D eigenvalue weighted by molar-refractivity contribution is 6.11. The van der Waals surface area contributed by atoms with Crippen molar-refractivity contribution in [2.24, 2.45) is 10.8 Å². The summed E-state index contributed by atoms with van der Waals surface area (Å²) in [6.45, 7) is 58.5. The molecule has 8 aromatic carbocycles. The van der Waals surface area contributed by atoms with E-state index in [9.17, 15) is 10.2 Å². The molecule has 11 rings (SSSR count). The van der Waals surface area contributed by atoms with Crippen LogP contribution in [-0.4, -0.2) is 39.2 Å². The number of hydrogen-bond acceptors (Lipinski definition) is 5. The molecule has 0 radical (unpaired) electrons. The van der Waals surface area contributed by atoms with Gasteiger partial charge < -0.3 is 33.6 Å². The second-order valence-corrected chi connectivity index (χ2v) is 37.4. The molecular weight excluding hydrogens is 1210 g/mol. The molecule has 0 saturated heterocycles. The van der Waals surface area contributed by atoms with Gasteiger partial charge in [0.2, 0.25) is 0 Å². The van der Waals surface area contributed by atoms with Gasteiger partial charge in [0, 0.05) is 50.2 Å². The Kier molecular flexibility index (Phi) is 19.1.